The summed E-state index contributed by atoms with van der Waals surface area (Å²) in [5.74, 6) is 0.558. The highest BCUT2D eigenvalue weighted by atomic mass is 79.9. The summed E-state index contributed by atoms with van der Waals surface area (Å²) in [7, 11) is 0. The molecule has 0 atom stereocenters. The number of benzene rings is 3. The SMILES string of the molecule is CCOc1ccccc1OCC(=O)NNC(=O)COc1ccc2cc(Br)ccc2c1. The zero-order chi connectivity index (χ0) is 21.3. The second kappa shape index (κ2) is 10.5. The van der Waals surface area contributed by atoms with Crippen LogP contribution in [0, 0.1) is 0 Å². The summed E-state index contributed by atoms with van der Waals surface area (Å²) < 4.78 is 17.3. The molecule has 3 aromatic rings. The van der Waals surface area contributed by atoms with E-state index >= 15 is 0 Å². The summed E-state index contributed by atoms with van der Waals surface area (Å²) >= 11 is 3.43. The van der Waals surface area contributed by atoms with Gasteiger partial charge in [-0.1, -0.05) is 40.2 Å². The van der Waals surface area contributed by atoms with Gasteiger partial charge in [-0.3, -0.25) is 20.4 Å². The van der Waals surface area contributed by atoms with Gasteiger partial charge >= 0.3 is 0 Å². The number of ether oxygens (including phenoxy) is 3. The van der Waals surface area contributed by atoms with Gasteiger partial charge in [0.25, 0.3) is 11.8 Å². The maximum absolute atomic E-state index is 11.9. The molecular formula is C22H21BrN2O5. The van der Waals surface area contributed by atoms with Crippen molar-refractivity contribution in [2.45, 2.75) is 6.92 Å². The lowest BCUT2D eigenvalue weighted by Gasteiger charge is -2.12. The Bertz CT molecular complexity index is 1040. The summed E-state index contributed by atoms with van der Waals surface area (Å²) in [5, 5.41) is 2.05. The van der Waals surface area contributed by atoms with Gasteiger partial charge in [0.1, 0.15) is 5.75 Å². The molecule has 8 heteroatoms. The Hall–Kier alpha value is -3.26. The van der Waals surface area contributed by atoms with E-state index in [0.29, 0.717) is 23.9 Å². The maximum Gasteiger partial charge on any atom is 0.276 e. The Morgan fingerprint density at radius 1 is 0.800 bits per heavy atom. The van der Waals surface area contributed by atoms with Crippen LogP contribution in [-0.4, -0.2) is 31.6 Å². The summed E-state index contributed by atoms with van der Waals surface area (Å²) in [6.07, 6.45) is 0. The molecule has 3 rings (SSSR count). The van der Waals surface area contributed by atoms with Crippen LogP contribution < -0.4 is 25.1 Å². The molecule has 0 aliphatic carbocycles. The first kappa shape index (κ1) is 21.4. The minimum Gasteiger partial charge on any atom is -0.490 e. The fraction of sp³-hybridized carbons (Fsp3) is 0.182. The molecule has 0 aromatic heterocycles. The van der Waals surface area contributed by atoms with Gasteiger partial charge in [0.15, 0.2) is 24.7 Å². The van der Waals surface area contributed by atoms with Crippen molar-refractivity contribution in [1.29, 1.82) is 0 Å². The molecule has 0 unspecified atom stereocenters. The van der Waals surface area contributed by atoms with Gasteiger partial charge in [0.2, 0.25) is 0 Å². The van der Waals surface area contributed by atoms with Crippen LogP contribution >= 0.6 is 15.9 Å². The fourth-order valence-electron chi connectivity index (χ4n) is 2.63. The van der Waals surface area contributed by atoms with Gasteiger partial charge in [-0.2, -0.15) is 0 Å². The second-order valence-corrected chi connectivity index (χ2v) is 7.12. The van der Waals surface area contributed by atoms with Crippen molar-refractivity contribution in [3.63, 3.8) is 0 Å². The number of carbonyl (C=O) groups is 2. The molecule has 0 aliphatic heterocycles. The maximum atomic E-state index is 11.9. The highest BCUT2D eigenvalue weighted by Gasteiger charge is 2.09. The number of hydrogen-bond acceptors (Lipinski definition) is 5. The summed E-state index contributed by atoms with van der Waals surface area (Å²) in [6, 6.07) is 18.5. The smallest absolute Gasteiger partial charge is 0.276 e. The monoisotopic (exact) mass is 472 g/mol. The van der Waals surface area contributed by atoms with Crippen LogP contribution in [0.25, 0.3) is 10.8 Å². The Labute approximate surface area is 182 Å². The van der Waals surface area contributed by atoms with Crippen molar-refractivity contribution in [3.8, 4) is 17.2 Å². The average molecular weight is 473 g/mol. The van der Waals surface area contributed by atoms with E-state index < -0.39 is 11.8 Å². The van der Waals surface area contributed by atoms with Crippen LogP contribution in [0.2, 0.25) is 0 Å². The number of hydrazine groups is 1. The van der Waals surface area contributed by atoms with Gasteiger partial charge in [0, 0.05) is 4.47 Å². The Kier molecular flexibility index (Phi) is 7.51. The van der Waals surface area contributed by atoms with Crippen LogP contribution in [0.3, 0.4) is 0 Å². The third-order valence-electron chi connectivity index (χ3n) is 3.99. The minimum absolute atomic E-state index is 0.240. The van der Waals surface area contributed by atoms with Crippen LogP contribution in [0.15, 0.2) is 65.1 Å². The molecule has 0 heterocycles. The standard InChI is InChI=1S/C22H21BrN2O5/c1-2-28-19-5-3-4-6-20(19)30-14-22(27)25-24-21(26)13-29-18-10-8-15-11-17(23)9-7-16(15)12-18/h3-12H,2,13-14H2,1H3,(H,24,26)(H,25,27). The van der Waals surface area contributed by atoms with Gasteiger partial charge < -0.3 is 14.2 Å². The predicted molar refractivity (Wildman–Crippen MR) is 117 cm³/mol. The highest BCUT2D eigenvalue weighted by Crippen LogP contribution is 2.26. The summed E-state index contributed by atoms with van der Waals surface area (Å²) in [5.41, 5.74) is 4.58. The Morgan fingerprint density at radius 3 is 2.10 bits per heavy atom. The average Bonchev–Trinajstić information content (AvgIpc) is 2.75. The first-order valence-electron chi connectivity index (χ1n) is 9.29. The van der Waals surface area contributed by atoms with E-state index in [1.165, 1.54) is 0 Å². The molecule has 0 radical (unpaired) electrons. The van der Waals surface area contributed by atoms with Crippen molar-refractivity contribution in [3.05, 3.63) is 65.1 Å². The second-order valence-electron chi connectivity index (χ2n) is 6.21. The largest absolute Gasteiger partial charge is 0.490 e. The first-order chi connectivity index (χ1) is 14.5. The fourth-order valence-corrected chi connectivity index (χ4v) is 3.01. The van der Waals surface area contributed by atoms with Crippen LogP contribution in [0.5, 0.6) is 17.2 Å². The molecular weight excluding hydrogens is 452 g/mol. The number of carbonyl (C=O) groups excluding carboxylic acids is 2. The van der Waals surface area contributed by atoms with Crippen LogP contribution in [0.1, 0.15) is 6.92 Å². The van der Waals surface area contributed by atoms with Gasteiger partial charge in [-0.05, 0) is 54.1 Å². The molecule has 0 saturated heterocycles. The van der Waals surface area contributed by atoms with Crippen molar-refractivity contribution >= 4 is 38.5 Å². The summed E-state index contributed by atoms with van der Waals surface area (Å²) in [6.45, 7) is 1.83. The molecule has 30 heavy (non-hydrogen) atoms. The van der Waals surface area contributed by atoms with Crippen molar-refractivity contribution in [2.24, 2.45) is 0 Å². The lowest BCUT2D eigenvalue weighted by Crippen LogP contribution is -2.45. The molecule has 3 aromatic carbocycles. The molecule has 156 valence electrons. The third-order valence-corrected chi connectivity index (χ3v) is 4.49. The Morgan fingerprint density at radius 2 is 1.40 bits per heavy atom. The first-order valence-corrected chi connectivity index (χ1v) is 10.1. The van der Waals surface area contributed by atoms with Crippen LogP contribution in [0.4, 0.5) is 0 Å². The molecule has 2 amide bonds. The van der Waals surface area contributed by atoms with E-state index in [2.05, 4.69) is 26.8 Å². The topological polar surface area (TPSA) is 85.9 Å². The van der Waals surface area contributed by atoms with E-state index in [0.717, 1.165) is 15.2 Å². The normalized spacial score (nSPS) is 10.3. The third kappa shape index (κ3) is 6.12. The molecule has 0 aliphatic rings. The van der Waals surface area contributed by atoms with E-state index in [9.17, 15) is 9.59 Å². The molecule has 0 spiro atoms. The number of fused-ring (bicyclic) bond motifs is 1. The molecule has 0 bridgehead atoms. The minimum atomic E-state index is -0.508. The quantitative estimate of drug-likeness (QED) is 0.489. The molecule has 7 nitrogen and oxygen atoms in total. The van der Waals surface area contributed by atoms with Gasteiger partial charge in [0.05, 0.1) is 6.61 Å². The number of nitrogens with one attached hydrogen (secondary N) is 2. The highest BCUT2D eigenvalue weighted by molar-refractivity contribution is 9.10. The molecule has 2 N–H and O–H groups in total. The number of amides is 2. The zero-order valence-corrected chi connectivity index (χ0v) is 17.9. The van der Waals surface area contributed by atoms with E-state index in [1.54, 1.807) is 24.3 Å². The van der Waals surface area contributed by atoms with Crippen molar-refractivity contribution < 1.29 is 23.8 Å². The molecule has 0 fully saturated rings. The van der Waals surface area contributed by atoms with E-state index in [-0.39, 0.29) is 13.2 Å². The number of hydrogen-bond donors (Lipinski definition) is 2. The van der Waals surface area contributed by atoms with Gasteiger partial charge in [-0.15, -0.1) is 0 Å². The lowest BCUT2D eigenvalue weighted by molar-refractivity contribution is -0.131. The summed E-state index contributed by atoms with van der Waals surface area (Å²) in [4.78, 5) is 23.8. The van der Waals surface area contributed by atoms with Crippen molar-refractivity contribution in [1.82, 2.24) is 10.9 Å². The zero-order valence-electron chi connectivity index (χ0n) is 16.3. The lowest BCUT2D eigenvalue weighted by atomic mass is 10.1. The number of halogens is 1. The Balaban J connectivity index is 1.42. The van der Waals surface area contributed by atoms with Crippen molar-refractivity contribution in [2.75, 3.05) is 19.8 Å². The number of para-hydroxylation sites is 2. The van der Waals surface area contributed by atoms with E-state index in [1.807, 2.05) is 43.3 Å². The molecule has 0 saturated carbocycles. The predicted octanol–water partition coefficient (Wildman–Crippen LogP) is 3.61. The number of rotatable bonds is 8. The van der Waals surface area contributed by atoms with E-state index in [4.69, 9.17) is 14.2 Å². The van der Waals surface area contributed by atoms with Gasteiger partial charge in [-0.25, -0.2) is 0 Å². The van der Waals surface area contributed by atoms with Crippen LogP contribution in [-0.2, 0) is 9.59 Å².